The first-order valence-corrected chi connectivity index (χ1v) is 24.2. The predicted octanol–water partition coefficient (Wildman–Crippen LogP) is 4.80. The number of nitrogens with one attached hydrogen (secondary N) is 1. The Morgan fingerprint density at radius 1 is 0.786 bits per heavy atom. The van der Waals surface area contributed by atoms with E-state index in [1.54, 1.807) is 0 Å². The molecule has 1 aliphatic rings. The van der Waals surface area contributed by atoms with E-state index in [0.29, 0.717) is 44.7 Å². The lowest BCUT2D eigenvalue weighted by atomic mass is 9.94. The Bertz CT molecular complexity index is 1270. The molecule has 0 aromatic rings. The fourth-order valence-electron chi connectivity index (χ4n) is 5.04. The molecule has 0 aromatic heterocycles. The molecule has 1 rings (SSSR count). The molecule has 1 aliphatic heterocycles. The van der Waals surface area contributed by atoms with E-state index in [2.05, 4.69) is 14.4 Å². The van der Waals surface area contributed by atoms with Gasteiger partial charge < -0.3 is 32.8 Å². The zero-order valence-electron chi connectivity index (χ0n) is 33.1. The second-order valence-electron chi connectivity index (χ2n) is 12.1. The van der Waals surface area contributed by atoms with Gasteiger partial charge in [0.05, 0.1) is 90.4 Å². The maximum atomic E-state index is 13.1. The fraction of sp³-hybridized carbons (Fsp3) is 0.875. The van der Waals surface area contributed by atoms with E-state index in [1.807, 2.05) is 26.1 Å². The summed E-state index contributed by atoms with van der Waals surface area (Å²) in [5.74, 6) is -0.653. The quantitative estimate of drug-likeness (QED) is 0.0385. The molecule has 1 saturated heterocycles. The zero-order valence-corrected chi connectivity index (χ0v) is 37.0. The number of unbranched alkanes of at least 4 members (excludes halogenated alkanes) is 3. The van der Waals surface area contributed by atoms with Gasteiger partial charge >= 0.3 is 30.4 Å². The number of ether oxygens (including phenoxy) is 3. The predicted molar refractivity (Wildman–Crippen MR) is 208 cm³/mol. The summed E-state index contributed by atoms with van der Waals surface area (Å²) in [5.41, 5.74) is 0. The van der Waals surface area contributed by atoms with Gasteiger partial charge in [0.25, 0.3) is 0 Å². The van der Waals surface area contributed by atoms with Gasteiger partial charge in [0.2, 0.25) is 5.91 Å². The summed E-state index contributed by atoms with van der Waals surface area (Å²) in [6.07, 6.45) is 3.96. The largest absolute Gasteiger partial charge is 0.500 e. The molecule has 0 bridgehead atoms. The number of hydrogen-bond donors (Lipinski definition) is 1. The maximum absolute atomic E-state index is 13.1. The van der Waals surface area contributed by atoms with Crippen LogP contribution in [0.5, 0.6) is 0 Å². The third-order valence-electron chi connectivity index (χ3n) is 8.02. The number of hydrogen-bond acceptors (Lipinski definition) is 18. The van der Waals surface area contributed by atoms with Gasteiger partial charge in [-0.1, -0.05) is 19.8 Å². The Morgan fingerprint density at radius 3 is 1.86 bits per heavy atom. The third-order valence-corrected chi connectivity index (χ3v) is 14.3. The normalized spacial score (nSPS) is 19.0. The molecule has 24 heteroatoms. The highest BCUT2D eigenvalue weighted by atomic mass is 31.2. The molecule has 4 unspecified atom stereocenters. The average Bonchev–Trinajstić information content (AvgIpc) is 3.60. The van der Waals surface area contributed by atoms with Gasteiger partial charge in [0.15, 0.2) is 7.00 Å². The van der Waals surface area contributed by atoms with E-state index in [1.165, 1.54) is 21.3 Å². The molecule has 0 saturated carbocycles. The number of carbonyl (C=O) groups is 2. The van der Waals surface area contributed by atoms with Crippen LogP contribution in [0.4, 0.5) is 0 Å². The van der Waals surface area contributed by atoms with E-state index >= 15 is 0 Å². The Morgan fingerprint density at radius 2 is 1.32 bits per heavy atom. The molecule has 321 valence electrons. The first-order valence-electron chi connectivity index (χ1n) is 18.7. The summed E-state index contributed by atoms with van der Waals surface area (Å²) in [5, 5.41) is 20.4. The van der Waals surface area contributed by atoms with Crippen LogP contribution >= 0.6 is 24.8 Å². The number of amides is 1. The summed E-state index contributed by atoms with van der Waals surface area (Å²) < 4.78 is 91.0. The molecule has 1 radical (unpaired) electrons. The summed E-state index contributed by atoms with van der Waals surface area (Å²) in [4.78, 5) is 24.4. The number of carbonyl (C=O) groups excluding carboxylic acids is 2. The van der Waals surface area contributed by atoms with Crippen LogP contribution in [-0.2, 0) is 73.4 Å². The smallest absolute Gasteiger partial charge is 0.460 e. The van der Waals surface area contributed by atoms with Gasteiger partial charge in [-0.25, -0.2) is 9.13 Å². The van der Waals surface area contributed by atoms with E-state index in [9.17, 15) is 18.7 Å². The second kappa shape index (κ2) is 31.6. The van der Waals surface area contributed by atoms with Crippen molar-refractivity contribution in [2.45, 2.75) is 102 Å². The Balaban J connectivity index is 2.31. The van der Waals surface area contributed by atoms with Crippen molar-refractivity contribution in [2.75, 3.05) is 80.7 Å². The molecule has 0 aliphatic carbocycles. The summed E-state index contributed by atoms with van der Waals surface area (Å²) in [6, 6.07) is 4.12. The van der Waals surface area contributed by atoms with Crippen molar-refractivity contribution in [3.63, 3.8) is 0 Å². The third kappa shape index (κ3) is 23.3. The molecule has 1 heterocycles. The van der Waals surface area contributed by atoms with E-state index in [4.69, 9.17) is 65.2 Å². The van der Waals surface area contributed by atoms with Crippen LogP contribution < -0.4 is 5.32 Å². The standard InChI is InChI=1S/C32H60BN3O16P3Si/c1-5-28-29(27-30(33-53)51-28)52-32(38)14-13-31(37)36-17-8-6-7-9-18-45-54(39,46-19-10-15-34)49-24-22-44-23-25-50-55(40,47-20-11-16-35)48-21-12-26-56(41-2,42-3)43-4/h28-30H,5-14,17-27,53H2,1-4H3,(H,36,37)/t28-,29?,30-,54?,55?/m1/s1. The number of rotatable bonds is 36. The average molecular weight is 875 g/mol. The lowest BCUT2D eigenvalue weighted by Gasteiger charge is -2.24. The van der Waals surface area contributed by atoms with Crippen LogP contribution in [0.2, 0.25) is 6.04 Å². The van der Waals surface area contributed by atoms with Gasteiger partial charge in [-0.15, -0.1) is 0 Å². The van der Waals surface area contributed by atoms with Crippen LogP contribution in [0.15, 0.2) is 0 Å². The topological polar surface area (TPSA) is 239 Å². The van der Waals surface area contributed by atoms with Crippen LogP contribution in [0, 0.1) is 22.7 Å². The summed E-state index contributed by atoms with van der Waals surface area (Å²) >= 11 is 0. The van der Waals surface area contributed by atoms with Crippen LogP contribution in [0.1, 0.15) is 77.6 Å². The van der Waals surface area contributed by atoms with Crippen LogP contribution in [-0.4, -0.2) is 127 Å². The molecule has 0 spiro atoms. The van der Waals surface area contributed by atoms with Crippen molar-refractivity contribution in [1.29, 1.82) is 10.5 Å². The van der Waals surface area contributed by atoms with Gasteiger partial charge in [0.1, 0.15) is 6.10 Å². The van der Waals surface area contributed by atoms with Crippen LogP contribution in [0.3, 0.4) is 0 Å². The molecule has 1 fully saturated rings. The number of nitriles is 2. The highest BCUT2D eigenvalue weighted by Crippen LogP contribution is 2.50. The Hall–Kier alpha value is -1.35. The highest BCUT2D eigenvalue weighted by Gasteiger charge is 2.38. The van der Waals surface area contributed by atoms with Crippen molar-refractivity contribution < 1.29 is 73.4 Å². The Labute approximate surface area is 335 Å². The lowest BCUT2D eigenvalue weighted by molar-refractivity contribution is -0.152. The molecule has 1 amide bonds. The summed E-state index contributed by atoms with van der Waals surface area (Å²) in [6.45, 7) is 3.56. The second-order valence-corrected chi connectivity index (χ2v) is 18.9. The van der Waals surface area contributed by atoms with Gasteiger partial charge in [-0.3, -0.25) is 36.7 Å². The van der Waals surface area contributed by atoms with E-state index in [0.717, 1.165) is 12.8 Å². The first kappa shape index (κ1) is 52.7. The van der Waals surface area contributed by atoms with Gasteiger partial charge in [-0.2, -0.15) is 19.6 Å². The number of nitrogens with zero attached hydrogens (tertiary/aromatic N) is 2. The van der Waals surface area contributed by atoms with Gasteiger partial charge in [0, 0.05) is 52.8 Å². The number of esters is 1. The molecule has 1 N–H and O–H groups in total. The minimum atomic E-state index is -4.02. The molecular formula is C32H60BN3O16P3Si. The minimum absolute atomic E-state index is 0.00618. The van der Waals surface area contributed by atoms with Crippen molar-refractivity contribution in [3.05, 3.63) is 0 Å². The van der Waals surface area contributed by atoms with Gasteiger partial charge in [-0.05, 0) is 25.7 Å². The van der Waals surface area contributed by atoms with Crippen molar-refractivity contribution in [3.8, 4) is 12.1 Å². The van der Waals surface area contributed by atoms with E-state index in [-0.39, 0.29) is 103 Å². The van der Waals surface area contributed by atoms with Crippen LogP contribution in [0.25, 0.3) is 0 Å². The zero-order chi connectivity index (χ0) is 41.5. The number of phosphoric acid groups is 2. The molecule has 6 atom stereocenters. The highest BCUT2D eigenvalue weighted by molar-refractivity contribution is 7.56. The van der Waals surface area contributed by atoms with Crippen molar-refractivity contribution in [2.24, 2.45) is 0 Å². The lowest BCUT2D eigenvalue weighted by Crippen LogP contribution is -2.42. The van der Waals surface area contributed by atoms with Crippen molar-refractivity contribution >= 4 is 52.4 Å². The SMILES string of the molecule is CC[C@H]1O[C@@H]([B]P)CC1OC(=O)CCC(=O)NCCCCCCOP(=O)(OCCC#N)OCCOCCOP(=O)(OCCC#N)OCCC[Si](OC)(OC)OC. The Kier molecular flexibility index (Phi) is 29.7. The summed E-state index contributed by atoms with van der Waals surface area (Å²) in [7, 11) is -3.90. The molecule has 0 aromatic carbocycles. The molecule has 19 nitrogen and oxygen atoms in total. The first-order chi connectivity index (χ1) is 27.0. The molecule has 56 heavy (non-hydrogen) atoms. The maximum Gasteiger partial charge on any atom is 0.500 e. The monoisotopic (exact) mass is 874 g/mol. The number of phosphoric ester groups is 2. The minimum Gasteiger partial charge on any atom is -0.460 e. The fourth-order valence-corrected chi connectivity index (χ4v) is 9.36. The van der Waals surface area contributed by atoms with E-state index < -0.39 is 30.4 Å². The molecular weight excluding hydrogens is 814 g/mol. The van der Waals surface area contributed by atoms with Crippen molar-refractivity contribution in [1.82, 2.24) is 5.32 Å².